The smallest absolute Gasteiger partial charge is 0.252 e. The number of nitrogens with two attached hydrogens (primary N) is 1. The van der Waals surface area contributed by atoms with E-state index in [0.717, 1.165) is 17.5 Å². The fourth-order valence-corrected chi connectivity index (χ4v) is 3.72. The Labute approximate surface area is 155 Å². The van der Waals surface area contributed by atoms with Gasteiger partial charge in [0.1, 0.15) is 11.5 Å². The van der Waals surface area contributed by atoms with E-state index < -0.39 is 17.6 Å². The van der Waals surface area contributed by atoms with Gasteiger partial charge in [-0.1, -0.05) is 12.1 Å². The van der Waals surface area contributed by atoms with Crippen LogP contribution >= 0.6 is 0 Å². The summed E-state index contributed by atoms with van der Waals surface area (Å²) in [6.07, 6.45) is 5.09. The van der Waals surface area contributed by atoms with Gasteiger partial charge in [0.25, 0.3) is 5.91 Å². The lowest BCUT2D eigenvalue weighted by molar-refractivity contribution is 0.1000. The van der Waals surface area contributed by atoms with Gasteiger partial charge in [0.2, 0.25) is 0 Å². The number of benzene rings is 1. The summed E-state index contributed by atoms with van der Waals surface area (Å²) in [6, 6.07) is 7.52. The molecule has 0 spiro atoms. The van der Waals surface area contributed by atoms with Crippen molar-refractivity contribution in [2.75, 3.05) is 5.32 Å². The minimum Gasteiger partial charge on any atom is -0.377 e. The first-order chi connectivity index (χ1) is 12.8. The maximum Gasteiger partial charge on any atom is 0.252 e. The number of nitrogens with one attached hydrogen (secondary N) is 1. The van der Waals surface area contributed by atoms with Gasteiger partial charge < -0.3 is 11.1 Å². The molecule has 2 aromatic heterocycles. The number of anilines is 1. The van der Waals surface area contributed by atoms with Gasteiger partial charge in [-0.3, -0.25) is 4.79 Å². The summed E-state index contributed by atoms with van der Waals surface area (Å²) in [5.41, 5.74) is 7.08. The molecule has 0 saturated heterocycles. The van der Waals surface area contributed by atoms with E-state index >= 15 is 0 Å². The summed E-state index contributed by atoms with van der Waals surface area (Å²) >= 11 is 0. The first-order valence-electron chi connectivity index (χ1n) is 8.88. The second kappa shape index (κ2) is 6.33. The van der Waals surface area contributed by atoms with E-state index in [1.54, 1.807) is 29.8 Å². The Hall–Kier alpha value is -2.96. The monoisotopic (exact) mass is 370 g/mol. The summed E-state index contributed by atoms with van der Waals surface area (Å²) in [7, 11) is 0. The number of halogens is 2. The molecule has 0 aliphatic heterocycles. The summed E-state index contributed by atoms with van der Waals surface area (Å²) in [6.45, 7) is 1.57. The third kappa shape index (κ3) is 3.13. The second-order valence-corrected chi connectivity index (χ2v) is 7.23. The van der Waals surface area contributed by atoms with Crippen molar-refractivity contribution in [1.82, 2.24) is 9.61 Å². The molecule has 4 rings (SSSR count). The minimum atomic E-state index is -1.36. The lowest BCUT2D eigenvalue weighted by Crippen LogP contribution is -2.36. The molecule has 1 aliphatic rings. The van der Waals surface area contributed by atoms with E-state index in [1.165, 1.54) is 18.3 Å². The molecule has 7 heteroatoms. The number of amides is 1. The van der Waals surface area contributed by atoms with Crippen LogP contribution in [0.15, 0.2) is 42.7 Å². The van der Waals surface area contributed by atoms with Crippen LogP contribution in [0.1, 0.15) is 36.5 Å². The van der Waals surface area contributed by atoms with Gasteiger partial charge in [0.05, 0.1) is 29.0 Å². The van der Waals surface area contributed by atoms with E-state index in [-0.39, 0.29) is 11.4 Å². The van der Waals surface area contributed by atoms with Crippen molar-refractivity contribution in [3.63, 3.8) is 0 Å². The quantitative estimate of drug-likeness (QED) is 0.731. The van der Waals surface area contributed by atoms with Crippen molar-refractivity contribution >= 4 is 17.1 Å². The van der Waals surface area contributed by atoms with E-state index in [9.17, 15) is 13.6 Å². The zero-order valence-electron chi connectivity index (χ0n) is 14.9. The Morgan fingerprint density at radius 2 is 2.07 bits per heavy atom. The molecule has 5 nitrogen and oxygen atoms in total. The highest BCUT2D eigenvalue weighted by Gasteiger charge is 2.39. The number of aromatic nitrogens is 2. The van der Waals surface area contributed by atoms with Crippen LogP contribution in [-0.2, 0) is 0 Å². The molecule has 0 radical (unpaired) electrons. The summed E-state index contributed by atoms with van der Waals surface area (Å²) in [5.74, 6) is -0.946. The number of rotatable bonds is 4. The van der Waals surface area contributed by atoms with Gasteiger partial charge in [-0.05, 0) is 49.9 Å². The molecule has 27 heavy (non-hydrogen) atoms. The molecule has 0 unspecified atom stereocenters. The second-order valence-electron chi connectivity index (χ2n) is 7.23. The van der Waals surface area contributed by atoms with Crippen LogP contribution in [0, 0.1) is 5.82 Å². The van der Waals surface area contributed by atoms with Crippen LogP contribution in [0.4, 0.5) is 14.5 Å². The van der Waals surface area contributed by atoms with Crippen LogP contribution in [0.25, 0.3) is 16.6 Å². The highest BCUT2D eigenvalue weighted by molar-refractivity contribution is 6.02. The summed E-state index contributed by atoms with van der Waals surface area (Å²) < 4.78 is 29.6. The van der Waals surface area contributed by atoms with Gasteiger partial charge in [0.15, 0.2) is 0 Å². The van der Waals surface area contributed by atoms with Crippen molar-refractivity contribution < 1.29 is 13.6 Å². The molecule has 1 aromatic carbocycles. The third-order valence-corrected chi connectivity index (χ3v) is 5.28. The minimum absolute atomic E-state index is 0.217. The predicted molar refractivity (Wildman–Crippen MR) is 99.9 cm³/mol. The Morgan fingerprint density at radius 1 is 1.33 bits per heavy atom. The number of nitrogens with zero attached hydrogens (tertiary/aromatic N) is 2. The topological polar surface area (TPSA) is 72.4 Å². The Balaban J connectivity index is 1.82. The van der Waals surface area contributed by atoms with Crippen molar-refractivity contribution in [3.8, 4) is 11.1 Å². The van der Waals surface area contributed by atoms with Crippen LogP contribution in [0.2, 0.25) is 0 Å². The van der Waals surface area contributed by atoms with Gasteiger partial charge in [-0.15, -0.1) is 0 Å². The molecule has 3 N–H and O–H groups in total. The van der Waals surface area contributed by atoms with E-state index in [2.05, 4.69) is 10.4 Å². The van der Waals surface area contributed by atoms with Gasteiger partial charge >= 0.3 is 0 Å². The van der Waals surface area contributed by atoms with Crippen molar-refractivity contribution in [3.05, 3.63) is 54.1 Å². The van der Waals surface area contributed by atoms with Crippen molar-refractivity contribution in [2.45, 2.75) is 37.9 Å². The number of primary amides is 1. The summed E-state index contributed by atoms with van der Waals surface area (Å²) in [4.78, 5) is 11.9. The van der Waals surface area contributed by atoms with Crippen LogP contribution in [0.3, 0.4) is 0 Å². The molecular formula is C20H20F2N4O. The van der Waals surface area contributed by atoms with Crippen LogP contribution in [0.5, 0.6) is 0 Å². The van der Waals surface area contributed by atoms with E-state index in [1.807, 2.05) is 6.07 Å². The molecule has 1 fully saturated rings. The SMILES string of the molecule is C[C@]1(F)CCC[C@H]1Nc1c(C(N)=O)cnn2cc(-c3ccc(F)cc3)cc12. The predicted octanol–water partition coefficient (Wildman–Crippen LogP) is 3.93. The number of carbonyl (C=O) groups is 1. The molecule has 140 valence electrons. The molecule has 1 amide bonds. The van der Waals surface area contributed by atoms with E-state index in [0.29, 0.717) is 24.0 Å². The largest absolute Gasteiger partial charge is 0.377 e. The number of carbonyl (C=O) groups excluding carboxylic acids is 1. The number of fused-ring (bicyclic) bond motifs is 1. The number of alkyl halides is 1. The standard InChI is InChI=1S/C20H20F2N4O/c1-20(22)8-2-3-17(20)25-18-15(19(23)27)10-24-26-11-13(9-16(18)26)12-4-6-14(21)7-5-12/h4-7,9-11,17,25H,2-3,8H2,1H3,(H2,23,27)/t17-,20+/m1/s1. The number of hydrogen-bond acceptors (Lipinski definition) is 3. The molecular weight excluding hydrogens is 350 g/mol. The zero-order chi connectivity index (χ0) is 19.2. The maximum atomic E-state index is 14.8. The molecule has 1 aliphatic carbocycles. The maximum absolute atomic E-state index is 14.8. The first kappa shape index (κ1) is 17.5. The highest BCUT2D eigenvalue weighted by Crippen LogP contribution is 2.37. The van der Waals surface area contributed by atoms with Crippen LogP contribution in [-0.4, -0.2) is 27.2 Å². The molecule has 0 bridgehead atoms. The zero-order valence-corrected chi connectivity index (χ0v) is 14.9. The Bertz CT molecular complexity index is 1010. The van der Waals surface area contributed by atoms with E-state index in [4.69, 9.17) is 5.73 Å². The van der Waals surface area contributed by atoms with Crippen LogP contribution < -0.4 is 11.1 Å². The fourth-order valence-electron chi connectivity index (χ4n) is 3.72. The summed E-state index contributed by atoms with van der Waals surface area (Å²) in [5, 5.41) is 7.45. The normalized spacial score (nSPS) is 22.3. The molecule has 2 heterocycles. The van der Waals surface area contributed by atoms with Gasteiger partial charge in [-0.2, -0.15) is 5.10 Å². The van der Waals surface area contributed by atoms with Crippen molar-refractivity contribution in [1.29, 1.82) is 0 Å². The Kier molecular flexibility index (Phi) is 4.09. The average molecular weight is 370 g/mol. The van der Waals surface area contributed by atoms with Gasteiger partial charge in [-0.25, -0.2) is 13.3 Å². The average Bonchev–Trinajstić information content (AvgIpc) is 3.19. The third-order valence-electron chi connectivity index (χ3n) is 5.28. The molecule has 3 aromatic rings. The first-order valence-corrected chi connectivity index (χ1v) is 8.88. The number of hydrogen-bond donors (Lipinski definition) is 2. The van der Waals surface area contributed by atoms with Crippen molar-refractivity contribution in [2.24, 2.45) is 5.73 Å². The lowest BCUT2D eigenvalue weighted by atomic mass is 10.0. The fraction of sp³-hybridized carbons (Fsp3) is 0.300. The molecule has 2 atom stereocenters. The highest BCUT2D eigenvalue weighted by atomic mass is 19.1. The molecule has 1 saturated carbocycles. The lowest BCUT2D eigenvalue weighted by Gasteiger charge is -2.26. The van der Waals surface area contributed by atoms with Gasteiger partial charge in [0, 0.05) is 11.8 Å². The Morgan fingerprint density at radius 3 is 2.70 bits per heavy atom.